The van der Waals surface area contributed by atoms with Crippen LogP contribution < -0.4 is 0 Å². The first-order valence-electron chi connectivity index (χ1n) is 16.8. The van der Waals surface area contributed by atoms with Crippen molar-refractivity contribution >= 4 is 10.8 Å². The van der Waals surface area contributed by atoms with Crippen molar-refractivity contribution in [1.29, 1.82) is 0 Å². The van der Waals surface area contributed by atoms with Crippen LogP contribution in [0.15, 0.2) is 200 Å². The summed E-state index contributed by atoms with van der Waals surface area (Å²) in [6.07, 6.45) is 0.859. The maximum atomic E-state index is 2.37. The third-order valence-corrected chi connectivity index (χ3v) is 9.54. The molecule has 0 bridgehead atoms. The van der Waals surface area contributed by atoms with Crippen molar-refractivity contribution in [2.75, 3.05) is 0 Å². The number of fused-ring (bicyclic) bond motifs is 1. The lowest BCUT2D eigenvalue weighted by Crippen LogP contribution is -2.10. The van der Waals surface area contributed by atoms with E-state index >= 15 is 0 Å². The van der Waals surface area contributed by atoms with Crippen LogP contribution in [-0.4, -0.2) is 0 Å². The molecular formula is C48H36. The highest BCUT2D eigenvalue weighted by Crippen LogP contribution is 2.46. The van der Waals surface area contributed by atoms with Gasteiger partial charge in [0, 0.05) is 5.92 Å². The molecule has 0 saturated carbocycles. The summed E-state index contributed by atoms with van der Waals surface area (Å²) in [6.45, 7) is 0. The first-order chi connectivity index (χ1) is 23.8. The van der Waals surface area contributed by atoms with E-state index in [1.807, 2.05) is 0 Å². The first-order valence-corrected chi connectivity index (χ1v) is 16.8. The van der Waals surface area contributed by atoms with Gasteiger partial charge in [-0.2, -0.15) is 0 Å². The largest absolute Gasteiger partial charge is 0.0622 e. The van der Waals surface area contributed by atoms with Gasteiger partial charge in [-0.05, 0) is 78.4 Å². The second-order valence-electron chi connectivity index (χ2n) is 12.4. The Bertz CT molecular complexity index is 2150. The summed E-state index contributed by atoms with van der Waals surface area (Å²) in [5, 5.41) is 2.59. The Labute approximate surface area is 283 Å². The van der Waals surface area contributed by atoms with Gasteiger partial charge in [-0.3, -0.25) is 0 Å². The summed E-state index contributed by atoms with van der Waals surface area (Å²) in [7, 11) is 0. The van der Waals surface area contributed by atoms with Gasteiger partial charge in [-0.25, -0.2) is 0 Å². The van der Waals surface area contributed by atoms with Crippen LogP contribution >= 0.6 is 0 Å². The zero-order chi connectivity index (χ0) is 32.1. The first kappa shape index (κ1) is 29.4. The molecule has 0 aliphatic heterocycles. The van der Waals surface area contributed by atoms with Gasteiger partial charge < -0.3 is 0 Å². The smallest absolute Gasteiger partial charge is 0.0143 e. The number of hydrogen-bond acceptors (Lipinski definition) is 0. The Morgan fingerprint density at radius 2 is 0.708 bits per heavy atom. The summed E-state index contributed by atoms with van der Waals surface area (Å²) in [5.41, 5.74) is 14.0. The molecule has 8 aromatic carbocycles. The lowest BCUT2D eigenvalue weighted by atomic mass is 9.75. The van der Waals surface area contributed by atoms with Crippen LogP contribution in [0.3, 0.4) is 0 Å². The summed E-state index contributed by atoms with van der Waals surface area (Å²) < 4.78 is 0. The predicted molar refractivity (Wildman–Crippen MR) is 204 cm³/mol. The summed E-state index contributed by atoms with van der Waals surface area (Å²) >= 11 is 0. The van der Waals surface area contributed by atoms with Crippen molar-refractivity contribution in [2.24, 2.45) is 0 Å². The van der Waals surface area contributed by atoms with Gasteiger partial charge in [-0.15, -0.1) is 0 Å². The van der Waals surface area contributed by atoms with Gasteiger partial charge in [0.15, 0.2) is 0 Å². The molecule has 0 aliphatic rings. The molecule has 0 atom stereocenters. The van der Waals surface area contributed by atoms with E-state index in [1.165, 1.54) is 72.0 Å². The van der Waals surface area contributed by atoms with Crippen LogP contribution in [0.2, 0.25) is 0 Å². The van der Waals surface area contributed by atoms with Crippen molar-refractivity contribution in [3.63, 3.8) is 0 Å². The number of rotatable bonds is 8. The molecule has 0 amide bonds. The lowest BCUT2D eigenvalue weighted by molar-refractivity contribution is 0.814. The van der Waals surface area contributed by atoms with Crippen molar-refractivity contribution < 1.29 is 0 Å². The molecule has 0 saturated heterocycles. The molecule has 0 aliphatic carbocycles. The molecule has 0 spiro atoms. The SMILES string of the molecule is c1ccc(-c2cccc(C(Cc3cccc4ccccc34)c3cccc(-c4ccccc4)c3-c3ccccc3)c2-c2ccccc2)cc1. The van der Waals surface area contributed by atoms with Gasteiger partial charge in [0.2, 0.25) is 0 Å². The molecule has 228 valence electrons. The Balaban J connectivity index is 1.45. The van der Waals surface area contributed by atoms with Crippen LogP contribution in [0, 0.1) is 0 Å². The molecule has 48 heavy (non-hydrogen) atoms. The fourth-order valence-corrected chi connectivity index (χ4v) is 7.37. The fraction of sp³-hybridized carbons (Fsp3) is 0.0417. The van der Waals surface area contributed by atoms with Gasteiger partial charge in [0.25, 0.3) is 0 Å². The molecule has 0 heterocycles. The van der Waals surface area contributed by atoms with Crippen molar-refractivity contribution in [1.82, 2.24) is 0 Å². The van der Waals surface area contributed by atoms with E-state index in [0.717, 1.165) is 6.42 Å². The number of benzene rings is 8. The third-order valence-electron chi connectivity index (χ3n) is 9.54. The lowest BCUT2D eigenvalue weighted by Gasteiger charge is -2.28. The highest BCUT2D eigenvalue weighted by molar-refractivity contribution is 5.90. The highest BCUT2D eigenvalue weighted by Gasteiger charge is 2.26. The molecule has 0 N–H and O–H groups in total. The summed E-state index contributed by atoms with van der Waals surface area (Å²) in [6, 6.07) is 73.0. The zero-order valence-corrected chi connectivity index (χ0v) is 26.8. The van der Waals surface area contributed by atoms with E-state index in [0.29, 0.717) is 0 Å². The average Bonchev–Trinajstić information content (AvgIpc) is 3.18. The monoisotopic (exact) mass is 612 g/mol. The molecule has 0 heteroatoms. The quantitative estimate of drug-likeness (QED) is 0.160. The minimum Gasteiger partial charge on any atom is -0.0622 e. The summed E-state index contributed by atoms with van der Waals surface area (Å²) in [4.78, 5) is 0. The normalized spacial score (nSPS) is 11.2. The molecule has 8 aromatic rings. The van der Waals surface area contributed by atoms with Crippen LogP contribution in [0.4, 0.5) is 0 Å². The topological polar surface area (TPSA) is 0 Å². The van der Waals surface area contributed by atoms with E-state index in [9.17, 15) is 0 Å². The van der Waals surface area contributed by atoms with Crippen molar-refractivity contribution in [3.05, 3.63) is 217 Å². The molecule has 0 unspecified atom stereocenters. The number of hydrogen-bond donors (Lipinski definition) is 0. The van der Waals surface area contributed by atoms with E-state index in [-0.39, 0.29) is 5.92 Å². The Hall–Kier alpha value is -5.98. The van der Waals surface area contributed by atoms with Crippen LogP contribution in [0.5, 0.6) is 0 Å². The van der Waals surface area contributed by atoms with Gasteiger partial charge >= 0.3 is 0 Å². The highest BCUT2D eigenvalue weighted by atomic mass is 14.3. The molecule has 0 nitrogen and oxygen atoms in total. The Kier molecular flexibility index (Phi) is 8.21. The van der Waals surface area contributed by atoms with Crippen LogP contribution in [0.25, 0.3) is 55.3 Å². The summed E-state index contributed by atoms with van der Waals surface area (Å²) in [5.74, 6) is 0.0635. The second kappa shape index (κ2) is 13.4. The van der Waals surface area contributed by atoms with Crippen molar-refractivity contribution in [2.45, 2.75) is 12.3 Å². The van der Waals surface area contributed by atoms with Crippen LogP contribution in [0.1, 0.15) is 22.6 Å². The van der Waals surface area contributed by atoms with Crippen LogP contribution in [-0.2, 0) is 6.42 Å². The Morgan fingerprint density at radius 1 is 0.312 bits per heavy atom. The maximum Gasteiger partial charge on any atom is 0.0143 e. The standard InChI is InChI=1S/C48H36/c1-5-18-36(19-6-1)42-30-16-32-44(47(42)38-23-9-3-10-24-38)46(34-40-28-15-27-35-22-13-14-29-41(35)40)45-33-17-31-43(37-20-7-2-8-21-37)48(45)39-25-11-4-12-26-39/h1-33,46H,34H2. The minimum atomic E-state index is 0.0635. The van der Waals surface area contributed by atoms with E-state index in [2.05, 4.69) is 200 Å². The minimum absolute atomic E-state index is 0.0635. The van der Waals surface area contributed by atoms with E-state index in [1.54, 1.807) is 0 Å². The van der Waals surface area contributed by atoms with E-state index in [4.69, 9.17) is 0 Å². The Morgan fingerprint density at radius 3 is 1.21 bits per heavy atom. The maximum absolute atomic E-state index is 2.37. The zero-order valence-electron chi connectivity index (χ0n) is 26.8. The van der Waals surface area contributed by atoms with Gasteiger partial charge in [0.1, 0.15) is 0 Å². The molecule has 0 aromatic heterocycles. The molecular weight excluding hydrogens is 577 g/mol. The fourth-order valence-electron chi connectivity index (χ4n) is 7.37. The molecule has 0 radical (unpaired) electrons. The third kappa shape index (κ3) is 5.74. The molecule has 0 fully saturated rings. The molecule has 8 rings (SSSR count). The van der Waals surface area contributed by atoms with Gasteiger partial charge in [0.05, 0.1) is 0 Å². The average molecular weight is 613 g/mol. The van der Waals surface area contributed by atoms with Gasteiger partial charge in [-0.1, -0.05) is 200 Å². The second-order valence-corrected chi connectivity index (χ2v) is 12.4. The van der Waals surface area contributed by atoms with E-state index < -0.39 is 0 Å². The predicted octanol–water partition coefficient (Wildman–Crippen LogP) is 12.9. The van der Waals surface area contributed by atoms with Crippen molar-refractivity contribution in [3.8, 4) is 44.5 Å².